The van der Waals surface area contributed by atoms with Crippen molar-refractivity contribution in [2.45, 2.75) is 32.6 Å². The fourth-order valence-electron chi connectivity index (χ4n) is 1.72. The van der Waals surface area contributed by atoms with Crippen LogP contribution in [0.3, 0.4) is 0 Å². The van der Waals surface area contributed by atoms with Crippen LogP contribution in [0.5, 0.6) is 0 Å². The molecule has 0 aliphatic rings. The van der Waals surface area contributed by atoms with E-state index >= 15 is 0 Å². The molecule has 3 nitrogen and oxygen atoms in total. The maximum absolute atomic E-state index is 5.23. The van der Waals surface area contributed by atoms with E-state index in [1.165, 1.54) is 5.56 Å². The summed E-state index contributed by atoms with van der Waals surface area (Å²) in [5, 5.41) is 7.00. The van der Waals surface area contributed by atoms with Gasteiger partial charge in [-0.15, -0.1) is 0 Å². The third-order valence-corrected chi connectivity index (χ3v) is 3.41. The largest absolute Gasteiger partial charge is 0.385 e. The molecule has 2 N–H and O–H groups in total. The van der Waals surface area contributed by atoms with Crippen LogP contribution < -0.4 is 10.6 Å². The van der Waals surface area contributed by atoms with Crippen LogP contribution in [-0.2, 0) is 4.74 Å². The predicted molar refractivity (Wildman–Crippen MR) is 85.9 cm³/mol. The Bertz CT molecular complexity index is 378. The molecule has 1 aromatic rings. The molecule has 0 saturated heterocycles. The number of anilines is 1. The summed E-state index contributed by atoms with van der Waals surface area (Å²) in [5.41, 5.74) is 2.39. The minimum atomic E-state index is 0.605. The van der Waals surface area contributed by atoms with E-state index in [-0.39, 0.29) is 0 Å². The molecule has 1 atom stereocenters. The molecule has 1 aromatic carbocycles. The Morgan fingerprint density at radius 1 is 1.32 bits per heavy atom. The molecular weight excluding hydrogens is 256 g/mol. The summed E-state index contributed by atoms with van der Waals surface area (Å²) in [6, 6.07) is 8.46. The van der Waals surface area contributed by atoms with Crippen molar-refractivity contribution in [2.24, 2.45) is 0 Å². The van der Waals surface area contributed by atoms with E-state index in [0.29, 0.717) is 11.0 Å². The van der Waals surface area contributed by atoms with E-state index in [1.807, 2.05) is 0 Å². The highest BCUT2D eigenvalue weighted by Gasteiger charge is 2.03. The summed E-state index contributed by atoms with van der Waals surface area (Å²) in [5.74, 6) is 0.605. The zero-order chi connectivity index (χ0) is 14.1. The molecule has 0 aromatic heterocycles. The molecule has 0 fully saturated rings. The first kappa shape index (κ1) is 15.9. The van der Waals surface area contributed by atoms with Crippen molar-refractivity contribution >= 4 is 23.0 Å². The van der Waals surface area contributed by atoms with Crippen LogP contribution in [0.4, 0.5) is 5.69 Å². The van der Waals surface area contributed by atoms with Crippen molar-refractivity contribution in [3.63, 3.8) is 0 Å². The first-order chi connectivity index (χ1) is 9.17. The molecule has 0 saturated carbocycles. The highest BCUT2D eigenvalue weighted by Crippen LogP contribution is 2.20. The molecule has 106 valence electrons. The van der Waals surface area contributed by atoms with E-state index in [4.69, 9.17) is 17.0 Å². The standard InChI is InChI=1S/C15H24N2OS/c1-4-12(2)13-6-8-14(9-7-13)17-15(19)16-10-5-11-18-3/h6-9,12H,4-5,10-11H2,1-3H3,(H2,16,17,19). The van der Waals surface area contributed by atoms with Gasteiger partial charge in [-0.3, -0.25) is 0 Å². The van der Waals surface area contributed by atoms with Crippen LogP contribution >= 0.6 is 12.2 Å². The van der Waals surface area contributed by atoms with Crippen molar-refractivity contribution in [2.75, 3.05) is 25.6 Å². The van der Waals surface area contributed by atoms with Gasteiger partial charge in [0.15, 0.2) is 5.11 Å². The minimum absolute atomic E-state index is 0.605. The number of hydrogen-bond acceptors (Lipinski definition) is 2. The molecule has 0 aliphatic heterocycles. The van der Waals surface area contributed by atoms with E-state index in [1.54, 1.807) is 7.11 Å². The average Bonchev–Trinajstić information content (AvgIpc) is 2.43. The van der Waals surface area contributed by atoms with Crippen LogP contribution in [0.25, 0.3) is 0 Å². The average molecular weight is 280 g/mol. The SMILES string of the molecule is CCC(C)c1ccc(NC(=S)NCCCOC)cc1. The second-order valence-corrected chi connectivity index (χ2v) is 5.07. The van der Waals surface area contributed by atoms with Gasteiger partial charge in [0.05, 0.1) is 0 Å². The van der Waals surface area contributed by atoms with Crippen molar-refractivity contribution in [1.82, 2.24) is 5.32 Å². The molecule has 4 heteroatoms. The number of hydrogen-bond donors (Lipinski definition) is 2. The van der Waals surface area contributed by atoms with E-state index in [2.05, 4.69) is 48.7 Å². The van der Waals surface area contributed by atoms with E-state index < -0.39 is 0 Å². The molecule has 0 radical (unpaired) electrons. The highest BCUT2D eigenvalue weighted by atomic mass is 32.1. The van der Waals surface area contributed by atoms with Crippen LogP contribution in [0.15, 0.2) is 24.3 Å². The Balaban J connectivity index is 2.38. The van der Waals surface area contributed by atoms with Crippen molar-refractivity contribution < 1.29 is 4.74 Å². The Morgan fingerprint density at radius 2 is 2.00 bits per heavy atom. The summed E-state index contributed by atoms with van der Waals surface area (Å²) < 4.78 is 4.98. The zero-order valence-corrected chi connectivity index (χ0v) is 12.8. The van der Waals surface area contributed by atoms with Gasteiger partial charge in [-0.25, -0.2) is 0 Å². The summed E-state index contributed by atoms with van der Waals surface area (Å²) in [4.78, 5) is 0. The first-order valence-corrected chi connectivity index (χ1v) is 7.22. The van der Waals surface area contributed by atoms with Gasteiger partial charge in [0, 0.05) is 25.9 Å². The predicted octanol–water partition coefficient (Wildman–Crippen LogP) is 3.52. The molecule has 1 unspecified atom stereocenters. The fourth-order valence-corrected chi connectivity index (χ4v) is 1.94. The molecule has 0 amide bonds. The normalized spacial score (nSPS) is 11.9. The lowest BCUT2D eigenvalue weighted by Crippen LogP contribution is -2.29. The molecule has 19 heavy (non-hydrogen) atoms. The second-order valence-electron chi connectivity index (χ2n) is 4.66. The first-order valence-electron chi connectivity index (χ1n) is 6.81. The topological polar surface area (TPSA) is 33.3 Å². The van der Waals surface area contributed by atoms with Gasteiger partial charge in [-0.2, -0.15) is 0 Å². The Labute approximate surface area is 121 Å². The molecule has 0 aliphatic carbocycles. The summed E-state index contributed by atoms with van der Waals surface area (Å²) in [6.07, 6.45) is 2.11. The maximum Gasteiger partial charge on any atom is 0.170 e. The van der Waals surface area contributed by atoms with Crippen LogP contribution in [-0.4, -0.2) is 25.4 Å². The van der Waals surface area contributed by atoms with Crippen LogP contribution in [0, 0.1) is 0 Å². The summed E-state index contributed by atoms with van der Waals surface area (Å²) in [7, 11) is 1.70. The number of nitrogens with one attached hydrogen (secondary N) is 2. The summed E-state index contributed by atoms with van der Waals surface area (Å²) >= 11 is 5.23. The van der Waals surface area contributed by atoms with Crippen molar-refractivity contribution in [3.05, 3.63) is 29.8 Å². The minimum Gasteiger partial charge on any atom is -0.385 e. The van der Waals surface area contributed by atoms with Gasteiger partial charge in [0.1, 0.15) is 0 Å². The van der Waals surface area contributed by atoms with Crippen molar-refractivity contribution in [1.29, 1.82) is 0 Å². The molecule has 0 heterocycles. The quantitative estimate of drug-likeness (QED) is 0.591. The molecule has 1 rings (SSSR count). The molecule has 0 bridgehead atoms. The smallest absolute Gasteiger partial charge is 0.170 e. The highest BCUT2D eigenvalue weighted by molar-refractivity contribution is 7.80. The lowest BCUT2D eigenvalue weighted by Gasteiger charge is -2.12. The molecular formula is C15H24N2OS. The van der Waals surface area contributed by atoms with Crippen LogP contribution in [0.1, 0.15) is 38.2 Å². The van der Waals surface area contributed by atoms with E-state index in [0.717, 1.165) is 31.7 Å². The Hall–Kier alpha value is -1.13. The van der Waals surface area contributed by atoms with Gasteiger partial charge in [0.2, 0.25) is 0 Å². The van der Waals surface area contributed by atoms with Gasteiger partial charge < -0.3 is 15.4 Å². The summed E-state index contributed by atoms with van der Waals surface area (Å²) in [6.45, 7) is 6.02. The Morgan fingerprint density at radius 3 is 2.58 bits per heavy atom. The number of methoxy groups -OCH3 is 1. The zero-order valence-electron chi connectivity index (χ0n) is 12.0. The fraction of sp³-hybridized carbons (Fsp3) is 0.533. The van der Waals surface area contributed by atoms with Gasteiger partial charge >= 0.3 is 0 Å². The number of rotatable bonds is 7. The van der Waals surface area contributed by atoms with Crippen molar-refractivity contribution in [3.8, 4) is 0 Å². The van der Waals surface area contributed by atoms with E-state index in [9.17, 15) is 0 Å². The number of thiocarbonyl (C=S) groups is 1. The lowest BCUT2D eigenvalue weighted by molar-refractivity contribution is 0.196. The van der Waals surface area contributed by atoms with Gasteiger partial charge in [-0.05, 0) is 48.7 Å². The third-order valence-electron chi connectivity index (χ3n) is 3.16. The number of benzene rings is 1. The third kappa shape index (κ3) is 6.03. The second kappa shape index (κ2) is 8.88. The Kier molecular flexibility index (Phi) is 7.45. The van der Waals surface area contributed by atoms with Crippen LogP contribution in [0.2, 0.25) is 0 Å². The number of ether oxygens (including phenoxy) is 1. The molecule has 0 spiro atoms. The maximum atomic E-state index is 5.23. The monoisotopic (exact) mass is 280 g/mol. The lowest BCUT2D eigenvalue weighted by atomic mass is 9.99. The van der Waals surface area contributed by atoms with Gasteiger partial charge in [0.25, 0.3) is 0 Å². The van der Waals surface area contributed by atoms with Gasteiger partial charge in [-0.1, -0.05) is 26.0 Å².